The molecule has 0 saturated heterocycles. The smallest absolute Gasteiger partial charge is 0.100 e. The molecule has 0 heterocycles. The lowest BCUT2D eigenvalue weighted by molar-refractivity contribution is 0.419. The van der Waals surface area contributed by atoms with Crippen molar-refractivity contribution in [3.63, 3.8) is 0 Å². The van der Waals surface area contributed by atoms with Gasteiger partial charge in [-0.25, -0.2) is 0 Å². The number of anilines is 1. The third-order valence-corrected chi connectivity index (χ3v) is 4.05. The van der Waals surface area contributed by atoms with Crippen LogP contribution in [0.4, 0.5) is 5.69 Å². The van der Waals surface area contributed by atoms with Crippen LogP contribution in [0.25, 0.3) is 0 Å². The normalized spacial score (nSPS) is 11.1. The van der Waals surface area contributed by atoms with E-state index < -0.39 is 0 Å². The Bertz CT molecular complexity index is 793. The molecule has 28 heavy (non-hydrogen) atoms. The first-order valence-corrected chi connectivity index (χ1v) is 9.74. The fraction of sp³-hybridized carbons (Fsp3) is 0.308. The molecule has 0 atom stereocenters. The molecule has 0 unspecified atom stereocenters. The summed E-state index contributed by atoms with van der Waals surface area (Å²) >= 11 is 0. The van der Waals surface area contributed by atoms with Gasteiger partial charge >= 0.3 is 0 Å². The first-order valence-electron chi connectivity index (χ1n) is 9.74. The molecule has 2 rings (SSSR count). The summed E-state index contributed by atoms with van der Waals surface area (Å²) in [7, 11) is 0. The van der Waals surface area contributed by atoms with Crippen LogP contribution in [0.5, 0.6) is 0 Å². The average Bonchev–Trinajstić information content (AvgIpc) is 2.60. The number of hydrogen-bond donors (Lipinski definition) is 2. The molecule has 0 aromatic heterocycles. The molecule has 2 aromatic carbocycles. The van der Waals surface area contributed by atoms with Crippen molar-refractivity contribution in [2.24, 2.45) is 5.41 Å². The third kappa shape index (κ3) is 10.4. The van der Waals surface area contributed by atoms with E-state index in [1.54, 1.807) is 0 Å². The summed E-state index contributed by atoms with van der Waals surface area (Å²) in [6.45, 7) is 21.0. The predicted octanol–water partition coefficient (Wildman–Crippen LogP) is 7.36. The van der Waals surface area contributed by atoms with Crippen LogP contribution in [0.3, 0.4) is 0 Å². The van der Waals surface area contributed by atoms with Gasteiger partial charge in [0, 0.05) is 11.4 Å². The van der Waals surface area contributed by atoms with Gasteiger partial charge in [0.25, 0.3) is 0 Å². The van der Waals surface area contributed by atoms with Gasteiger partial charge in [0.2, 0.25) is 0 Å². The van der Waals surface area contributed by atoms with Crippen molar-refractivity contribution < 1.29 is 0 Å². The SMILES string of the molecule is C=C(NC(=C)/C(C)=C/CC(C)(C)C)Nc1cccc(C)c1.Cc1ccccc1. The standard InChI is InChI=1S/C19H28N2.C7H8/c1-14-9-8-10-18(13-14)21-17(4)20-16(3)15(2)11-12-19(5,6)7;1-7-5-3-2-4-6-7/h8-11,13,20-21H,3-4,12H2,1-2,5-7H3;2-6H,1H3/b15-11+;. The van der Waals surface area contributed by atoms with Gasteiger partial charge in [0.1, 0.15) is 5.82 Å². The Morgan fingerprint density at radius 3 is 2.04 bits per heavy atom. The summed E-state index contributed by atoms with van der Waals surface area (Å²) in [6.07, 6.45) is 3.24. The minimum Gasteiger partial charge on any atom is -0.343 e. The van der Waals surface area contributed by atoms with Gasteiger partial charge in [-0.3, -0.25) is 0 Å². The van der Waals surface area contributed by atoms with Crippen LogP contribution in [-0.4, -0.2) is 0 Å². The van der Waals surface area contributed by atoms with E-state index in [9.17, 15) is 0 Å². The van der Waals surface area contributed by atoms with Crippen LogP contribution in [0.2, 0.25) is 0 Å². The van der Waals surface area contributed by atoms with Crippen molar-refractivity contribution in [1.82, 2.24) is 5.32 Å². The maximum Gasteiger partial charge on any atom is 0.100 e. The van der Waals surface area contributed by atoms with E-state index in [1.165, 1.54) is 11.1 Å². The van der Waals surface area contributed by atoms with Crippen LogP contribution >= 0.6 is 0 Å². The van der Waals surface area contributed by atoms with Gasteiger partial charge in [-0.2, -0.15) is 0 Å². The number of nitrogens with one attached hydrogen (secondary N) is 2. The summed E-state index contributed by atoms with van der Waals surface area (Å²) in [6, 6.07) is 18.5. The molecule has 0 aliphatic heterocycles. The predicted molar refractivity (Wildman–Crippen MR) is 125 cm³/mol. The van der Waals surface area contributed by atoms with Crippen molar-refractivity contribution in [2.45, 2.75) is 48.0 Å². The monoisotopic (exact) mass is 376 g/mol. The fourth-order valence-electron chi connectivity index (χ4n) is 2.33. The van der Waals surface area contributed by atoms with Crippen molar-refractivity contribution in [3.8, 4) is 0 Å². The molecule has 150 valence electrons. The van der Waals surface area contributed by atoms with E-state index in [0.717, 1.165) is 29.2 Å². The summed E-state index contributed by atoms with van der Waals surface area (Å²) in [4.78, 5) is 0. The molecule has 0 fully saturated rings. The number of benzene rings is 2. The summed E-state index contributed by atoms with van der Waals surface area (Å²) in [5.74, 6) is 0.731. The topological polar surface area (TPSA) is 24.1 Å². The second kappa shape index (κ2) is 11.2. The largest absolute Gasteiger partial charge is 0.343 e. The molecular formula is C26H36N2. The Labute approximate surface area is 172 Å². The first-order chi connectivity index (χ1) is 13.1. The summed E-state index contributed by atoms with van der Waals surface area (Å²) in [5.41, 5.74) is 5.88. The third-order valence-electron chi connectivity index (χ3n) is 4.05. The highest BCUT2D eigenvalue weighted by molar-refractivity contribution is 5.50. The minimum atomic E-state index is 0.290. The fourth-order valence-corrected chi connectivity index (χ4v) is 2.33. The van der Waals surface area contributed by atoms with Crippen LogP contribution in [0.1, 0.15) is 45.2 Å². The number of allylic oxidation sites excluding steroid dienone is 2. The lowest BCUT2D eigenvalue weighted by Crippen LogP contribution is -2.18. The molecule has 0 spiro atoms. The highest BCUT2D eigenvalue weighted by Gasteiger charge is 2.08. The number of rotatable bonds is 6. The Kier molecular flexibility index (Phi) is 9.31. The lowest BCUT2D eigenvalue weighted by Gasteiger charge is -2.18. The minimum absolute atomic E-state index is 0.290. The molecule has 0 aliphatic carbocycles. The van der Waals surface area contributed by atoms with E-state index in [1.807, 2.05) is 30.3 Å². The van der Waals surface area contributed by atoms with Crippen molar-refractivity contribution in [2.75, 3.05) is 5.32 Å². The molecule has 2 nitrogen and oxygen atoms in total. The Balaban J connectivity index is 0.000000467. The van der Waals surface area contributed by atoms with Crippen molar-refractivity contribution >= 4 is 5.69 Å². The molecule has 0 bridgehead atoms. The van der Waals surface area contributed by atoms with E-state index >= 15 is 0 Å². The molecule has 0 saturated carbocycles. The second-order valence-electron chi connectivity index (χ2n) is 8.38. The maximum absolute atomic E-state index is 4.07. The zero-order chi connectivity index (χ0) is 21.2. The summed E-state index contributed by atoms with van der Waals surface area (Å²) < 4.78 is 0. The number of hydrogen-bond acceptors (Lipinski definition) is 2. The van der Waals surface area contributed by atoms with Gasteiger partial charge in [-0.15, -0.1) is 0 Å². The zero-order valence-corrected chi connectivity index (χ0v) is 18.4. The van der Waals surface area contributed by atoms with E-state index in [-0.39, 0.29) is 0 Å². The van der Waals surface area contributed by atoms with E-state index in [0.29, 0.717) is 5.41 Å². The quantitative estimate of drug-likeness (QED) is 0.515. The second-order valence-corrected chi connectivity index (χ2v) is 8.38. The molecule has 2 N–H and O–H groups in total. The van der Waals surface area contributed by atoms with Crippen LogP contribution < -0.4 is 10.6 Å². The van der Waals surface area contributed by atoms with Gasteiger partial charge in [0.05, 0.1) is 0 Å². The Morgan fingerprint density at radius 1 is 0.929 bits per heavy atom. The molecule has 2 heteroatoms. The van der Waals surface area contributed by atoms with E-state index in [2.05, 4.69) is 95.7 Å². The number of aryl methyl sites for hydroxylation is 2. The maximum atomic E-state index is 4.07. The molecule has 0 amide bonds. The first kappa shape index (κ1) is 23.3. The van der Waals surface area contributed by atoms with Gasteiger partial charge < -0.3 is 10.6 Å². The molecular weight excluding hydrogens is 340 g/mol. The average molecular weight is 377 g/mol. The van der Waals surface area contributed by atoms with Gasteiger partial charge in [-0.05, 0) is 55.9 Å². The molecule has 0 radical (unpaired) electrons. The van der Waals surface area contributed by atoms with Gasteiger partial charge in [0.15, 0.2) is 0 Å². The van der Waals surface area contributed by atoms with Crippen molar-refractivity contribution in [3.05, 3.63) is 102 Å². The highest BCUT2D eigenvalue weighted by Crippen LogP contribution is 2.21. The zero-order valence-electron chi connectivity index (χ0n) is 18.4. The van der Waals surface area contributed by atoms with E-state index in [4.69, 9.17) is 0 Å². The summed E-state index contributed by atoms with van der Waals surface area (Å²) in [5, 5.41) is 6.46. The van der Waals surface area contributed by atoms with Crippen molar-refractivity contribution in [1.29, 1.82) is 0 Å². The van der Waals surface area contributed by atoms with Crippen LogP contribution in [-0.2, 0) is 0 Å². The van der Waals surface area contributed by atoms with Crippen LogP contribution in [0.15, 0.2) is 90.9 Å². The van der Waals surface area contributed by atoms with Crippen LogP contribution in [0, 0.1) is 19.3 Å². The Hall–Kier alpha value is -2.74. The lowest BCUT2D eigenvalue weighted by atomic mass is 9.91. The molecule has 2 aromatic rings. The highest BCUT2D eigenvalue weighted by atomic mass is 15.1. The Morgan fingerprint density at radius 2 is 1.54 bits per heavy atom. The van der Waals surface area contributed by atoms with Gasteiger partial charge in [-0.1, -0.05) is 88.0 Å². The molecule has 0 aliphatic rings.